The van der Waals surface area contributed by atoms with E-state index in [1.807, 2.05) is 48.2 Å². The van der Waals surface area contributed by atoms with Crippen LogP contribution in [0.15, 0.2) is 77.9 Å². The Morgan fingerprint density at radius 3 is 2.40 bits per heavy atom. The molecular weight excluding hydrogens is 446 g/mol. The molecule has 0 radical (unpaired) electrons. The van der Waals surface area contributed by atoms with Crippen molar-refractivity contribution in [3.8, 4) is 0 Å². The van der Waals surface area contributed by atoms with E-state index in [4.69, 9.17) is 5.10 Å². The lowest BCUT2D eigenvalue weighted by Gasteiger charge is -2.36. The highest BCUT2D eigenvalue weighted by Gasteiger charge is 2.34. The van der Waals surface area contributed by atoms with E-state index in [-0.39, 0.29) is 30.1 Å². The van der Waals surface area contributed by atoms with E-state index < -0.39 is 0 Å². The molecule has 0 aromatic heterocycles. The van der Waals surface area contributed by atoms with Gasteiger partial charge in [0.15, 0.2) is 0 Å². The first-order valence-electron chi connectivity index (χ1n) is 11.9. The van der Waals surface area contributed by atoms with Crippen molar-refractivity contribution in [1.29, 1.82) is 0 Å². The van der Waals surface area contributed by atoms with Gasteiger partial charge in [0, 0.05) is 32.6 Å². The van der Waals surface area contributed by atoms with Gasteiger partial charge in [0.2, 0.25) is 0 Å². The minimum Gasteiger partial charge on any atom is -0.367 e. The molecule has 7 heteroatoms. The van der Waals surface area contributed by atoms with Crippen LogP contribution in [0, 0.1) is 18.6 Å². The number of rotatable bonds is 5. The number of carbonyl (C=O) groups is 1. The molecule has 3 aromatic rings. The molecule has 0 unspecified atom stereocenters. The molecule has 0 saturated carbocycles. The van der Waals surface area contributed by atoms with Crippen LogP contribution in [0.1, 0.15) is 29.2 Å². The number of hydrazone groups is 1. The topological polar surface area (TPSA) is 39.2 Å². The van der Waals surface area contributed by atoms with Gasteiger partial charge in [-0.15, -0.1) is 0 Å². The summed E-state index contributed by atoms with van der Waals surface area (Å²) >= 11 is 0. The van der Waals surface area contributed by atoms with E-state index in [9.17, 15) is 13.6 Å². The number of carbonyl (C=O) groups excluding carboxylic acids is 1. The molecule has 180 valence electrons. The third-order valence-corrected chi connectivity index (χ3v) is 6.71. The van der Waals surface area contributed by atoms with Crippen molar-refractivity contribution < 1.29 is 13.6 Å². The van der Waals surface area contributed by atoms with Crippen molar-refractivity contribution in [2.45, 2.75) is 19.4 Å². The normalized spacial score (nSPS) is 18.6. The molecule has 5 rings (SSSR count). The summed E-state index contributed by atoms with van der Waals surface area (Å²) < 4.78 is 28.2. The number of nitrogens with zero attached hydrogens (tertiary/aromatic N) is 4. The number of hydrogen-bond donors (Lipinski definition) is 0. The van der Waals surface area contributed by atoms with Crippen molar-refractivity contribution >= 4 is 17.3 Å². The molecule has 1 fully saturated rings. The van der Waals surface area contributed by atoms with Crippen molar-refractivity contribution in [2.24, 2.45) is 5.10 Å². The number of piperazine rings is 1. The second-order valence-electron chi connectivity index (χ2n) is 9.14. The zero-order chi connectivity index (χ0) is 24.4. The first-order valence-corrected chi connectivity index (χ1v) is 11.9. The van der Waals surface area contributed by atoms with E-state index in [1.54, 1.807) is 18.2 Å². The maximum absolute atomic E-state index is 14.2. The Kier molecular flexibility index (Phi) is 6.59. The van der Waals surface area contributed by atoms with Crippen LogP contribution in [-0.4, -0.2) is 54.3 Å². The minimum atomic E-state index is -0.353. The lowest BCUT2D eigenvalue weighted by Crippen LogP contribution is -2.49. The predicted octanol–water partition coefficient (Wildman–Crippen LogP) is 4.77. The molecular formula is C28H28F2N4O. The van der Waals surface area contributed by atoms with Gasteiger partial charge < -0.3 is 4.90 Å². The second kappa shape index (κ2) is 9.96. The first kappa shape index (κ1) is 23.2. The molecule has 2 aliphatic heterocycles. The average molecular weight is 475 g/mol. The highest BCUT2D eigenvalue weighted by molar-refractivity contribution is 6.03. The van der Waals surface area contributed by atoms with Gasteiger partial charge >= 0.3 is 0 Å². The summed E-state index contributed by atoms with van der Waals surface area (Å²) in [5.74, 6) is -0.686. The summed E-state index contributed by atoms with van der Waals surface area (Å²) in [6, 6.07) is 20.9. The summed E-state index contributed by atoms with van der Waals surface area (Å²) in [6.07, 6.45) is 0.527. The molecule has 0 bridgehead atoms. The van der Waals surface area contributed by atoms with Gasteiger partial charge in [-0.05, 0) is 42.3 Å². The van der Waals surface area contributed by atoms with Gasteiger partial charge in [0.1, 0.15) is 11.6 Å². The third kappa shape index (κ3) is 5.10. The van der Waals surface area contributed by atoms with Gasteiger partial charge in [-0.1, -0.05) is 54.1 Å². The molecule has 3 aromatic carbocycles. The van der Waals surface area contributed by atoms with Gasteiger partial charge in [0.25, 0.3) is 5.91 Å². The van der Waals surface area contributed by atoms with E-state index in [0.29, 0.717) is 38.3 Å². The number of para-hydroxylation sites is 1. The van der Waals surface area contributed by atoms with E-state index in [0.717, 1.165) is 22.4 Å². The molecule has 1 saturated heterocycles. The second-order valence-corrected chi connectivity index (χ2v) is 9.14. The zero-order valence-electron chi connectivity index (χ0n) is 19.7. The fourth-order valence-corrected chi connectivity index (χ4v) is 4.75. The number of aryl methyl sites for hydroxylation is 1. The number of amides is 1. The van der Waals surface area contributed by atoms with Crippen LogP contribution >= 0.6 is 0 Å². The first-order chi connectivity index (χ1) is 17.0. The maximum atomic E-state index is 14.2. The highest BCUT2D eigenvalue weighted by Crippen LogP contribution is 2.33. The van der Waals surface area contributed by atoms with Crippen LogP contribution < -0.4 is 4.90 Å². The lowest BCUT2D eigenvalue weighted by atomic mass is 9.98. The Hall–Kier alpha value is -3.58. The fourth-order valence-electron chi connectivity index (χ4n) is 4.75. The molecule has 1 amide bonds. The van der Waals surface area contributed by atoms with Crippen LogP contribution in [0.5, 0.6) is 0 Å². The lowest BCUT2D eigenvalue weighted by molar-refractivity contribution is -0.134. The maximum Gasteiger partial charge on any atom is 0.257 e. The molecule has 2 aliphatic rings. The third-order valence-electron chi connectivity index (χ3n) is 6.71. The standard InChI is InChI=1S/C28H28F2N4O/c1-20-9-11-21(12-10-20)25-18-27(22-5-4-6-23(29)17-22)34(31-25)28(35)19-32-13-15-33(16-14-32)26-8-3-2-7-24(26)30/h2-12,17,27H,13-16,18-19H2,1H3/t27-/m0/s1. The van der Waals surface area contributed by atoms with Crippen molar-refractivity contribution in [3.63, 3.8) is 0 Å². The minimum absolute atomic E-state index is 0.124. The summed E-state index contributed by atoms with van der Waals surface area (Å²) in [4.78, 5) is 17.5. The summed E-state index contributed by atoms with van der Waals surface area (Å²) in [5, 5.41) is 6.23. The molecule has 0 spiro atoms. The van der Waals surface area contributed by atoms with Gasteiger partial charge in [-0.25, -0.2) is 13.8 Å². The summed E-state index contributed by atoms with van der Waals surface area (Å²) in [5.41, 5.74) is 4.25. The van der Waals surface area contributed by atoms with Gasteiger partial charge in [-0.3, -0.25) is 9.69 Å². The number of benzene rings is 3. The molecule has 2 heterocycles. The molecule has 1 atom stereocenters. The molecule has 0 N–H and O–H groups in total. The van der Waals surface area contributed by atoms with E-state index in [1.165, 1.54) is 23.2 Å². The van der Waals surface area contributed by atoms with Crippen molar-refractivity contribution in [1.82, 2.24) is 9.91 Å². The van der Waals surface area contributed by atoms with E-state index >= 15 is 0 Å². The van der Waals surface area contributed by atoms with E-state index in [2.05, 4.69) is 4.90 Å². The van der Waals surface area contributed by atoms with Crippen LogP contribution in [0.25, 0.3) is 0 Å². The Morgan fingerprint density at radius 1 is 0.943 bits per heavy atom. The largest absolute Gasteiger partial charge is 0.367 e. The van der Waals surface area contributed by atoms with Crippen LogP contribution in [0.4, 0.5) is 14.5 Å². The SMILES string of the molecule is Cc1ccc(C2=NN(C(=O)CN3CCN(c4ccccc4F)CC3)[C@H](c3cccc(F)c3)C2)cc1. The highest BCUT2D eigenvalue weighted by atomic mass is 19.1. The number of anilines is 1. The summed E-state index contributed by atoms with van der Waals surface area (Å²) in [7, 11) is 0. The Labute approximate surface area is 204 Å². The zero-order valence-corrected chi connectivity index (χ0v) is 19.7. The molecule has 0 aliphatic carbocycles. The smallest absolute Gasteiger partial charge is 0.257 e. The Balaban J connectivity index is 1.31. The Morgan fingerprint density at radius 2 is 1.69 bits per heavy atom. The van der Waals surface area contributed by atoms with Gasteiger partial charge in [-0.2, -0.15) is 5.10 Å². The monoisotopic (exact) mass is 474 g/mol. The van der Waals surface area contributed by atoms with Crippen molar-refractivity contribution in [2.75, 3.05) is 37.6 Å². The predicted molar refractivity (Wildman–Crippen MR) is 133 cm³/mol. The fraction of sp³-hybridized carbons (Fsp3) is 0.286. The van der Waals surface area contributed by atoms with Crippen LogP contribution in [-0.2, 0) is 4.79 Å². The Bertz CT molecular complexity index is 1240. The van der Waals surface area contributed by atoms with Crippen LogP contribution in [0.3, 0.4) is 0 Å². The number of hydrogen-bond acceptors (Lipinski definition) is 4. The van der Waals surface area contributed by atoms with Crippen LogP contribution in [0.2, 0.25) is 0 Å². The quantitative estimate of drug-likeness (QED) is 0.535. The van der Waals surface area contributed by atoms with Gasteiger partial charge in [0.05, 0.1) is 24.0 Å². The molecule has 5 nitrogen and oxygen atoms in total. The summed E-state index contributed by atoms with van der Waals surface area (Å²) in [6.45, 7) is 4.80. The average Bonchev–Trinajstić information content (AvgIpc) is 3.31. The number of halogens is 2. The van der Waals surface area contributed by atoms with Crippen molar-refractivity contribution in [3.05, 3.63) is 101 Å². The molecule has 35 heavy (non-hydrogen) atoms.